The van der Waals surface area contributed by atoms with E-state index >= 15 is 0 Å². The van der Waals surface area contributed by atoms with Crippen LogP contribution in [0.1, 0.15) is 12.0 Å². The van der Waals surface area contributed by atoms with Gasteiger partial charge >= 0.3 is 5.97 Å². The van der Waals surface area contributed by atoms with E-state index in [2.05, 4.69) is 5.32 Å². The smallest absolute Gasteiger partial charge is 0.305 e. The Morgan fingerprint density at radius 3 is 2.79 bits per heavy atom. The molecule has 0 radical (unpaired) electrons. The largest absolute Gasteiger partial charge is 0.495 e. The van der Waals surface area contributed by atoms with Crippen molar-refractivity contribution < 1.29 is 19.4 Å². The van der Waals surface area contributed by atoms with Gasteiger partial charge in [-0.05, 0) is 12.1 Å². The molecule has 0 aliphatic heterocycles. The van der Waals surface area contributed by atoms with Crippen molar-refractivity contribution in [1.29, 1.82) is 5.26 Å². The molecule has 1 aromatic carbocycles. The Balaban J connectivity index is 2.85. The number of carbonyl (C=O) groups excluding carboxylic acids is 1. The molecule has 0 saturated heterocycles. The maximum absolute atomic E-state index is 11.7. The van der Waals surface area contributed by atoms with Gasteiger partial charge in [-0.2, -0.15) is 5.26 Å². The summed E-state index contributed by atoms with van der Waals surface area (Å²) >= 11 is 0. The highest BCUT2D eigenvalue weighted by Crippen LogP contribution is 2.25. The second-order valence-corrected chi connectivity index (χ2v) is 3.72. The van der Waals surface area contributed by atoms with E-state index in [-0.39, 0.29) is 0 Å². The van der Waals surface area contributed by atoms with Crippen LogP contribution in [-0.2, 0) is 9.59 Å². The summed E-state index contributed by atoms with van der Waals surface area (Å²) in [6.45, 7) is 0. The van der Waals surface area contributed by atoms with Gasteiger partial charge in [-0.15, -0.1) is 0 Å². The van der Waals surface area contributed by atoms with Gasteiger partial charge < -0.3 is 20.9 Å². The quantitative estimate of drug-likeness (QED) is 0.701. The molecule has 1 rings (SSSR count). The summed E-state index contributed by atoms with van der Waals surface area (Å²) in [6.07, 6.45) is -0.468. The molecule has 0 saturated carbocycles. The second-order valence-electron chi connectivity index (χ2n) is 3.72. The molecule has 7 heteroatoms. The molecule has 0 spiro atoms. The predicted octanol–water partition coefficient (Wildman–Crippen LogP) is 0.307. The SMILES string of the molecule is COc1cc(C#N)ccc1NC(=O)C(N)CC(=O)O. The molecule has 0 fully saturated rings. The lowest BCUT2D eigenvalue weighted by Crippen LogP contribution is -2.37. The van der Waals surface area contributed by atoms with Crippen LogP contribution in [-0.4, -0.2) is 30.1 Å². The first-order valence-electron chi connectivity index (χ1n) is 5.34. The number of nitrogens with zero attached hydrogens (tertiary/aromatic N) is 1. The molecule has 0 bridgehead atoms. The predicted molar refractivity (Wildman–Crippen MR) is 66.6 cm³/mol. The van der Waals surface area contributed by atoms with Crippen LogP contribution in [0.15, 0.2) is 18.2 Å². The molecule has 1 amide bonds. The fourth-order valence-electron chi connectivity index (χ4n) is 1.37. The molecular formula is C12H13N3O4. The molecule has 7 nitrogen and oxygen atoms in total. The van der Waals surface area contributed by atoms with Gasteiger partial charge in [0.1, 0.15) is 5.75 Å². The first-order valence-corrected chi connectivity index (χ1v) is 5.34. The van der Waals surface area contributed by atoms with Crippen molar-refractivity contribution in [2.45, 2.75) is 12.5 Å². The molecule has 19 heavy (non-hydrogen) atoms. The van der Waals surface area contributed by atoms with Crippen LogP contribution in [0.5, 0.6) is 5.75 Å². The van der Waals surface area contributed by atoms with Gasteiger partial charge in [0.15, 0.2) is 0 Å². The molecule has 100 valence electrons. The lowest BCUT2D eigenvalue weighted by Gasteiger charge is -2.13. The number of anilines is 1. The van der Waals surface area contributed by atoms with E-state index in [0.717, 1.165) is 0 Å². The number of carboxylic acid groups (broad SMARTS) is 1. The van der Waals surface area contributed by atoms with Gasteiger partial charge in [-0.25, -0.2) is 0 Å². The minimum Gasteiger partial charge on any atom is -0.495 e. The van der Waals surface area contributed by atoms with E-state index in [0.29, 0.717) is 17.0 Å². The summed E-state index contributed by atoms with van der Waals surface area (Å²) in [5.74, 6) is -1.49. The van der Waals surface area contributed by atoms with Crippen LogP contribution in [0.2, 0.25) is 0 Å². The highest BCUT2D eigenvalue weighted by molar-refractivity contribution is 5.97. The van der Waals surface area contributed by atoms with Crippen LogP contribution < -0.4 is 15.8 Å². The van der Waals surface area contributed by atoms with E-state index in [1.807, 2.05) is 6.07 Å². The monoisotopic (exact) mass is 263 g/mol. The number of ether oxygens (including phenoxy) is 1. The summed E-state index contributed by atoms with van der Waals surface area (Å²) in [4.78, 5) is 22.1. The van der Waals surface area contributed by atoms with Crippen molar-refractivity contribution in [3.05, 3.63) is 23.8 Å². The number of amides is 1. The van der Waals surface area contributed by atoms with E-state index in [9.17, 15) is 9.59 Å². The topological polar surface area (TPSA) is 125 Å². The van der Waals surface area contributed by atoms with Gasteiger partial charge in [0.2, 0.25) is 5.91 Å². The molecule has 0 heterocycles. The van der Waals surface area contributed by atoms with Crippen molar-refractivity contribution >= 4 is 17.6 Å². The zero-order valence-electron chi connectivity index (χ0n) is 10.2. The number of carbonyl (C=O) groups is 2. The second kappa shape index (κ2) is 6.37. The number of hydrogen-bond acceptors (Lipinski definition) is 5. The number of methoxy groups -OCH3 is 1. The molecule has 1 aromatic rings. The third kappa shape index (κ3) is 3.97. The molecule has 1 unspecified atom stereocenters. The zero-order chi connectivity index (χ0) is 14.4. The van der Waals surface area contributed by atoms with Crippen LogP contribution in [0.3, 0.4) is 0 Å². The summed E-state index contributed by atoms with van der Waals surface area (Å²) in [5, 5.41) is 19.7. The summed E-state index contributed by atoms with van der Waals surface area (Å²) in [6, 6.07) is 5.23. The number of nitrogens with one attached hydrogen (secondary N) is 1. The average Bonchev–Trinajstić information content (AvgIpc) is 2.38. The Bertz CT molecular complexity index is 536. The van der Waals surface area contributed by atoms with Crippen molar-refractivity contribution in [3.63, 3.8) is 0 Å². The molecule has 0 aromatic heterocycles. The number of carboxylic acids is 1. The van der Waals surface area contributed by atoms with Gasteiger partial charge in [-0.1, -0.05) is 0 Å². The number of nitriles is 1. The zero-order valence-corrected chi connectivity index (χ0v) is 10.2. The first kappa shape index (κ1) is 14.5. The normalized spacial score (nSPS) is 11.2. The Morgan fingerprint density at radius 1 is 1.58 bits per heavy atom. The number of benzene rings is 1. The minimum absolute atomic E-state index is 0.301. The minimum atomic E-state index is -1.16. The Kier molecular flexibility index (Phi) is 4.85. The lowest BCUT2D eigenvalue weighted by atomic mass is 10.1. The van der Waals surface area contributed by atoms with Crippen LogP contribution in [0.25, 0.3) is 0 Å². The molecule has 0 aliphatic rings. The third-order valence-electron chi connectivity index (χ3n) is 2.32. The highest BCUT2D eigenvalue weighted by Gasteiger charge is 2.18. The Hall–Kier alpha value is -2.59. The fraction of sp³-hybridized carbons (Fsp3) is 0.250. The van der Waals surface area contributed by atoms with Crippen molar-refractivity contribution in [3.8, 4) is 11.8 Å². The Labute approximate surface area is 109 Å². The standard InChI is InChI=1S/C12H13N3O4/c1-19-10-4-7(6-13)2-3-9(10)15-12(18)8(14)5-11(16)17/h2-4,8H,5,14H2,1H3,(H,15,18)(H,16,17). The van der Waals surface area contributed by atoms with Gasteiger partial charge in [-0.3, -0.25) is 9.59 Å². The lowest BCUT2D eigenvalue weighted by molar-refractivity contribution is -0.138. The molecule has 4 N–H and O–H groups in total. The maximum atomic E-state index is 11.7. The average molecular weight is 263 g/mol. The highest BCUT2D eigenvalue weighted by atomic mass is 16.5. The van der Waals surface area contributed by atoms with Crippen LogP contribution >= 0.6 is 0 Å². The van der Waals surface area contributed by atoms with Gasteiger partial charge in [0, 0.05) is 6.07 Å². The van der Waals surface area contributed by atoms with E-state index in [4.69, 9.17) is 20.8 Å². The number of nitrogens with two attached hydrogens (primary N) is 1. The number of hydrogen-bond donors (Lipinski definition) is 3. The van der Waals surface area contributed by atoms with E-state index < -0.39 is 24.3 Å². The van der Waals surface area contributed by atoms with Crippen molar-refractivity contribution in [1.82, 2.24) is 0 Å². The molecule has 1 atom stereocenters. The van der Waals surface area contributed by atoms with Gasteiger partial charge in [0.05, 0.1) is 36.9 Å². The van der Waals surface area contributed by atoms with E-state index in [1.165, 1.54) is 25.3 Å². The first-order chi connectivity index (χ1) is 8.97. The summed E-state index contributed by atoms with van der Waals surface area (Å²) in [7, 11) is 1.39. The number of aliphatic carboxylic acids is 1. The van der Waals surface area contributed by atoms with Crippen LogP contribution in [0.4, 0.5) is 5.69 Å². The summed E-state index contributed by atoms with van der Waals surface area (Å²) in [5.41, 5.74) is 6.13. The van der Waals surface area contributed by atoms with Crippen molar-refractivity contribution in [2.75, 3.05) is 12.4 Å². The fourth-order valence-corrected chi connectivity index (χ4v) is 1.37. The molecule has 0 aliphatic carbocycles. The third-order valence-corrected chi connectivity index (χ3v) is 2.32. The molecular weight excluding hydrogens is 250 g/mol. The summed E-state index contributed by atoms with van der Waals surface area (Å²) < 4.78 is 5.03. The van der Waals surface area contributed by atoms with Crippen LogP contribution in [0, 0.1) is 11.3 Å². The van der Waals surface area contributed by atoms with E-state index in [1.54, 1.807) is 0 Å². The maximum Gasteiger partial charge on any atom is 0.305 e. The number of rotatable bonds is 5. The Morgan fingerprint density at radius 2 is 2.26 bits per heavy atom. The van der Waals surface area contributed by atoms with Gasteiger partial charge in [0.25, 0.3) is 0 Å². The van der Waals surface area contributed by atoms with Crippen molar-refractivity contribution in [2.24, 2.45) is 5.73 Å².